The van der Waals surface area contributed by atoms with Crippen LogP contribution in [0.15, 0.2) is 41.3 Å². The summed E-state index contributed by atoms with van der Waals surface area (Å²) in [5, 5.41) is 6.71. The van der Waals surface area contributed by atoms with Crippen LogP contribution < -0.4 is 10.2 Å². The molecule has 1 N–H and O–H groups in total. The van der Waals surface area contributed by atoms with Gasteiger partial charge in [-0.25, -0.2) is 0 Å². The van der Waals surface area contributed by atoms with Crippen LogP contribution >= 0.6 is 0 Å². The Balaban J connectivity index is 1.95. The van der Waals surface area contributed by atoms with Gasteiger partial charge in [0.1, 0.15) is 17.5 Å². The van der Waals surface area contributed by atoms with Crippen molar-refractivity contribution < 1.29 is 4.74 Å². The molecule has 1 aliphatic rings. The highest BCUT2D eigenvalue weighted by molar-refractivity contribution is 5.35. The van der Waals surface area contributed by atoms with Crippen molar-refractivity contribution in [1.82, 2.24) is 10.2 Å². The number of ether oxygens (including phenoxy) is 1. The van der Waals surface area contributed by atoms with E-state index in [1.165, 1.54) is 17.8 Å². The topological polar surface area (TPSA) is 55.0 Å². The Morgan fingerprint density at radius 2 is 2.18 bits per heavy atom. The van der Waals surface area contributed by atoms with Gasteiger partial charge in [0.25, 0.3) is 0 Å². The third-order valence-electron chi connectivity index (χ3n) is 2.97. The van der Waals surface area contributed by atoms with Crippen LogP contribution in [0, 0.1) is 0 Å². The molecule has 1 unspecified atom stereocenters. The van der Waals surface area contributed by atoms with Gasteiger partial charge in [-0.15, -0.1) is 0 Å². The lowest BCUT2D eigenvalue weighted by Gasteiger charge is -2.24. The summed E-state index contributed by atoms with van der Waals surface area (Å²) in [6.45, 7) is 0. The summed E-state index contributed by atoms with van der Waals surface area (Å²) in [4.78, 5) is 11.7. The van der Waals surface area contributed by atoms with Gasteiger partial charge >= 0.3 is 0 Å². The van der Waals surface area contributed by atoms with Crippen molar-refractivity contribution in [3.63, 3.8) is 0 Å². The number of aryl methyl sites for hydroxylation is 1. The van der Waals surface area contributed by atoms with Crippen molar-refractivity contribution in [3.8, 4) is 5.75 Å². The summed E-state index contributed by atoms with van der Waals surface area (Å²) in [6, 6.07) is 9.39. The molecule has 1 atom stereocenters. The van der Waals surface area contributed by atoms with Crippen LogP contribution in [0.4, 0.5) is 0 Å². The first kappa shape index (κ1) is 10.1. The molecule has 0 saturated carbocycles. The fourth-order valence-corrected chi connectivity index (χ4v) is 2.11. The minimum Gasteiger partial charge on any atom is -0.484 e. The van der Waals surface area contributed by atoms with E-state index >= 15 is 0 Å². The number of H-pyrrole nitrogens is 1. The molecule has 0 bridgehead atoms. The Labute approximate surface area is 98.3 Å². The van der Waals surface area contributed by atoms with Gasteiger partial charge in [-0.2, -0.15) is 5.10 Å². The van der Waals surface area contributed by atoms with E-state index in [1.807, 2.05) is 24.3 Å². The lowest BCUT2D eigenvalue weighted by molar-refractivity contribution is 0.170. The molecule has 0 aliphatic carbocycles. The zero-order chi connectivity index (χ0) is 11.7. The Kier molecular flexibility index (Phi) is 2.40. The fraction of sp³-hybridized carbons (Fsp3) is 0.231. The first-order valence-electron chi connectivity index (χ1n) is 5.63. The lowest BCUT2D eigenvalue weighted by Crippen LogP contribution is -2.23. The molecule has 0 radical (unpaired) electrons. The number of nitrogens with zero attached hydrogens (tertiary/aromatic N) is 1. The van der Waals surface area contributed by atoms with E-state index in [9.17, 15) is 4.79 Å². The number of para-hydroxylation sites is 1. The quantitative estimate of drug-likeness (QED) is 0.810. The number of nitrogens with one attached hydrogen (secondary N) is 1. The van der Waals surface area contributed by atoms with E-state index in [0.717, 1.165) is 18.6 Å². The molecule has 17 heavy (non-hydrogen) atoms. The van der Waals surface area contributed by atoms with Gasteiger partial charge in [0.15, 0.2) is 0 Å². The first-order chi connectivity index (χ1) is 8.34. The molecular formula is C13H12N2O2. The normalized spacial score (nSPS) is 18.2. The van der Waals surface area contributed by atoms with E-state index in [2.05, 4.69) is 10.2 Å². The van der Waals surface area contributed by atoms with Crippen LogP contribution in [0.3, 0.4) is 0 Å². The lowest BCUT2D eigenvalue weighted by atomic mass is 10.0. The van der Waals surface area contributed by atoms with Gasteiger partial charge in [0, 0.05) is 12.3 Å². The number of rotatable bonds is 1. The molecule has 1 aromatic carbocycles. The van der Waals surface area contributed by atoms with Crippen molar-refractivity contribution in [3.05, 3.63) is 58.0 Å². The van der Waals surface area contributed by atoms with Gasteiger partial charge in [0.2, 0.25) is 5.43 Å². The molecule has 0 spiro atoms. The van der Waals surface area contributed by atoms with Crippen molar-refractivity contribution in [1.29, 1.82) is 0 Å². The third-order valence-corrected chi connectivity index (χ3v) is 2.97. The standard InChI is InChI=1S/C13H12N2O2/c16-10-7-8-14-15-13(10)12-6-5-9-3-1-2-4-11(9)17-12/h1-4,7-8,12H,5-6H2,(H,14,16). The molecule has 4 heteroatoms. The SMILES string of the molecule is O=c1cc[nH]nc1C1CCc2ccccc2O1. The highest BCUT2D eigenvalue weighted by atomic mass is 16.5. The molecule has 0 saturated heterocycles. The zero-order valence-corrected chi connectivity index (χ0v) is 9.22. The van der Waals surface area contributed by atoms with Crippen LogP contribution in [-0.2, 0) is 6.42 Å². The summed E-state index contributed by atoms with van der Waals surface area (Å²) >= 11 is 0. The molecule has 4 nitrogen and oxygen atoms in total. The molecule has 2 heterocycles. The number of hydrogen-bond donors (Lipinski definition) is 1. The van der Waals surface area contributed by atoms with Gasteiger partial charge in [-0.3, -0.25) is 9.89 Å². The van der Waals surface area contributed by atoms with Crippen molar-refractivity contribution >= 4 is 0 Å². The van der Waals surface area contributed by atoms with Gasteiger partial charge < -0.3 is 4.74 Å². The molecule has 1 aliphatic heterocycles. The third kappa shape index (κ3) is 1.82. The highest BCUT2D eigenvalue weighted by Gasteiger charge is 2.23. The molecule has 2 aromatic rings. The highest BCUT2D eigenvalue weighted by Crippen LogP contribution is 2.32. The van der Waals surface area contributed by atoms with Gasteiger partial charge in [-0.05, 0) is 24.5 Å². The number of aromatic nitrogens is 2. The summed E-state index contributed by atoms with van der Waals surface area (Å²) < 4.78 is 5.82. The molecule has 1 aromatic heterocycles. The zero-order valence-electron chi connectivity index (χ0n) is 9.22. The Morgan fingerprint density at radius 1 is 1.29 bits per heavy atom. The minimum atomic E-state index is -0.241. The van der Waals surface area contributed by atoms with Gasteiger partial charge in [0.05, 0.1) is 0 Å². The second kappa shape index (κ2) is 4.05. The van der Waals surface area contributed by atoms with Crippen LogP contribution in [0.2, 0.25) is 0 Å². The first-order valence-corrected chi connectivity index (χ1v) is 5.63. The number of benzene rings is 1. The molecule has 86 valence electrons. The van der Waals surface area contributed by atoms with Crippen molar-refractivity contribution in [2.75, 3.05) is 0 Å². The van der Waals surface area contributed by atoms with Gasteiger partial charge in [-0.1, -0.05) is 18.2 Å². The summed E-state index contributed by atoms with van der Waals surface area (Å²) in [5.74, 6) is 0.855. The van der Waals surface area contributed by atoms with Crippen molar-refractivity contribution in [2.45, 2.75) is 18.9 Å². The maximum Gasteiger partial charge on any atom is 0.207 e. The maximum absolute atomic E-state index is 11.7. The molecule has 0 amide bonds. The number of hydrogen-bond acceptors (Lipinski definition) is 3. The van der Waals surface area contributed by atoms with E-state index in [4.69, 9.17) is 4.74 Å². The van der Waals surface area contributed by atoms with Crippen LogP contribution in [0.1, 0.15) is 23.8 Å². The van der Waals surface area contributed by atoms with Crippen LogP contribution in [0.25, 0.3) is 0 Å². The molecular weight excluding hydrogens is 216 g/mol. The Morgan fingerprint density at radius 3 is 3.06 bits per heavy atom. The summed E-state index contributed by atoms with van der Waals surface area (Å²) in [6.07, 6.45) is 2.99. The maximum atomic E-state index is 11.7. The minimum absolute atomic E-state index is 0.0758. The second-order valence-corrected chi connectivity index (χ2v) is 4.08. The van der Waals surface area contributed by atoms with E-state index < -0.39 is 0 Å². The average Bonchev–Trinajstić information content (AvgIpc) is 2.39. The smallest absolute Gasteiger partial charge is 0.207 e. The number of aromatic amines is 1. The Bertz CT molecular complexity index is 592. The monoisotopic (exact) mass is 228 g/mol. The average molecular weight is 228 g/mol. The largest absolute Gasteiger partial charge is 0.484 e. The van der Waals surface area contributed by atoms with Crippen molar-refractivity contribution in [2.24, 2.45) is 0 Å². The second-order valence-electron chi connectivity index (χ2n) is 4.08. The van der Waals surface area contributed by atoms with E-state index in [-0.39, 0.29) is 11.5 Å². The molecule has 3 rings (SSSR count). The Hall–Kier alpha value is -2.10. The predicted molar refractivity (Wildman–Crippen MR) is 63.0 cm³/mol. The van der Waals surface area contributed by atoms with E-state index in [1.54, 1.807) is 0 Å². The summed E-state index contributed by atoms with van der Waals surface area (Å²) in [5.41, 5.74) is 1.58. The number of fused-ring (bicyclic) bond motifs is 1. The van der Waals surface area contributed by atoms with Crippen LogP contribution in [-0.4, -0.2) is 10.2 Å². The van der Waals surface area contributed by atoms with Crippen LogP contribution in [0.5, 0.6) is 5.75 Å². The predicted octanol–water partition coefficient (Wildman–Crippen LogP) is 1.84. The summed E-state index contributed by atoms with van der Waals surface area (Å²) in [7, 11) is 0. The molecule has 0 fully saturated rings. The van der Waals surface area contributed by atoms with E-state index in [0.29, 0.717) is 5.69 Å². The fourth-order valence-electron chi connectivity index (χ4n) is 2.11.